The van der Waals surface area contributed by atoms with Crippen LogP contribution in [0.5, 0.6) is 0 Å². The molecule has 0 saturated heterocycles. The molecule has 0 atom stereocenters. The first-order chi connectivity index (χ1) is 6.29. The molecule has 1 heterocycles. The van der Waals surface area contributed by atoms with Crippen LogP contribution in [0.4, 0.5) is 0 Å². The largest absolute Gasteiger partial charge is 0.388 e. The predicted molar refractivity (Wildman–Crippen MR) is 58.6 cm³/mol. The molecule has 72 valence electrons. The summed E-state index contributed by atoms with van der Waals surface area (Å²) >= 11 is 3.45. The molecule has 3 N–H and O–H groups in total. The number of amidine groups is 1. The number of thiazole rings is 1. The van der Waals surface area contributed by atoms with Crippen LogP contribution in [-0.4, -0.2) is 16.6 Å². The van der Waals surface area contributed by atoms with Crippen LogP contribution < -0.4 is 5.73 Å². The SMILES string of the molecule is N=C(N)CCCCSc1nccs1. The fourth-order valence-corrected chi connectivity index (χ4v) is 2.57. The molecule has 0 aliphatic heterocycles. The van der Waals surface area contributed by atoms with Gasteiger partial charge in [0.15, 0.2) is 0 Å². The highest BCUT2D eigenvalue weighted by Gasteiger charge is 1.96. The summed E-state index contributed by atoms with van der Waals surface area (Å²) in [4.78, 5) is 4.16. The lowest BCUT2D eigenvalue weighted by molar-refractivity contribution is 0.836. The van der Waals surface area contributed by atoms with E-state index in [0.717, 1.165) is 29.4 Å². The van der Waals surface area contributed by atoms with Crippen molar-refractivity contribution >= 4 is 28.9 Å². The zero-order chi connectivity index (χ0) is 9.52. The van der Waals surface area contributed by atoms with Gasteiger partial charge in [0.05, 0.1) is 5.84 Å². The lowest BCUT2D eigenvalue weighted by Gasteiger charge is -1.97. The highest BCUT2D eigenvalue weighted by atomic mass is 32.2. The van der Waals surface area contributed by atoms with Crippen LogP contribution in [0.25, 0.3) is 0 Å². The Morgan fingerprint density at radius 2 is 2.46 bits per heavy atom. The molecule has 0 aliphatic carbocycles. The fraction of sp³-hybridized carbons (Fsp3) is 0.500. The van der Waals surface area contributed by atoms with Gasteiger partial charge in [-0.25, -0.2) is 4.98 Å². The van der Waals surface area contributed by atoms with E-state index in [4.69, 9.17) is 11.1 Å². The van der Waals surface area contributed by atoms with E-state index in [2.05, 4.69) is 4.98 Å². The van der Waals surface area contributed by atoms with E-state index in [1.807, 2.05) is 11.6 Å². The van der Waals surface area contributed by atoms with Crippen LogP contribution in [0.3, 0.4) is 0 Å². The third kappa shape index (κ3) is 4.90. The van der Waals surface area contributed by atoms with E-state index in [1.165, 1.54) is 0 Å². The summed E-state index contributed by atoms with van der Waals surface area (Å²) in [7, 11) is 0. The third-order valence-electron chi connectivity index (χ3n) is 1.48. The van der Waals surface area contributed by atoms with E-state index in [9.17, 15) is 0 Å². The van der Waals surface area contributed by atoms with Crippen LogP contribution in [-0.2, 0) is 0 Å². The molecule has 0 radical (unpaired) electrons. The maximum Gasteiger partial charge on any atom is 0.149 e. The Morgan fingerprint density at radius 1 is 1.62 bits per heavy atom. The Balaban J connectivity index is 1.99. The second kappa shape index (κ2) is 5.99. The van der Waals surface area contributed by atoms with Gasteiger partial charge in [-0.1, -0.05) is 11.8 Å². The topological polar surface area (TPSA) is 62.8 Å². The predicted octanol–water partition coefficient (Wildman–Crippen LogP) is 2.34. The first kappa shape index (κ1) is 10.5. The molecular weight excluding hydrogens is 202 g/mol. The summed E-state index contributed by atoms with van der Waals surface area (Å²) < 4.78 is 1.13. The van der Waals surface area contributed by atoms with Gasteiger partial charge in [-0.3, -0.25) is 5.41 Å². The number of thioether (sulfide) groups is 1. The lowest BCUT2D eigenvalue weighted by atomic mass is 10.2. The summed E-state index contributed by atoms with van der Waals surface area (Å²) in [6.07, 6.45) is 4.65. The van der Waals surface area contributed by atoms with Gasteiger partial charge in [0.25, 0.3) is 0 Å². The smallest absolute Gasteiger partial charge is 0.149 e. The second-order valence-electron chi connectivity index (χ2n) is 2.63. The first-order valence-corrected chi connectivity index (χ1v) is 6.01. The Labute approximate surface area is 86.3 Å². The number of unbranched alkanes of at least 4 members (excludes halogenated alkanes) is 1. The van der Waals surface area contributed by atoms with Crippen molar-refractivity contribution in [2.45, 2.75) is 23.6 Å². The normalized spacial score (nSPS) is 10.2. The van der Waals surface area contributed by atoms with Crippen molar-refractivity contribution in [1.82, 2.24) is 4.98 Å². The standard InChI is InChI=1S/C8H13N3S2/c9-7(10)3-1-2-5-12-8-11-4-6-13-8/h4,6H,1-3,5H2,(H3,9,10). The number of aromatic nitrogens is 1. The molecule has 1 aromatic rings. The molecule has 1 aromatic heterocycles. The molecule has 0 fully saturated rings. The molecule has 0 amide bonds. The first-order valence-electron chi connectivity index (χ1n) is 4.14. The minimum Gasteiger partial charge on any atom is -0.388 e. The van der Waals surface area contributed by atoms with Crippen LogP contribution in [0, 0.1) is 5.41 Å². The Morgan fingerprint density at radius 3 is 3.08 bits per heavy atom. The molecule has 1 rings (SSSR count). The van der Waals surface area contributed by atoms with Gasteiger partial charge in [-0.2, -0.15) is 0 Å². The zero-order valence-electron chi connectivity index (χ0n) is 7.32. The summed E-state index contributed by atoms with van der Waals surface area (Å²) in [6, 6.07) is 0. The van der Waals surface area contributed by atoms with E-state index >= 15 is 0 Å². The lowest BCUT2D eigenvalue weighted by Crippen LogP contribution is -2.08. The number of hydrogen-bond acceptors (Lipinski definition) is 4. The third-order valence-corrected chi connectivity index (χ3v) is 3.53. The molecule has 0 aliphatic rings. The van der Waals surface area contributed by atoms with Gasteiger partial charge in [-0.05, 0) is 12.8 Å². The molecule has 3 nitrogen and oxygen atoms in total. The van der Waals surface area contributed by atoms with Crippen molar-refractivity contribution in [3.63, 3.8) is 0 Å². The molecule has 0 spiro atoms. The van der Waals surface area contributed by atoms with Crippen LogP contribution in [0.15, 0.2) is 15.9 Å². The Bertz CT molecular complexity index is 246. The maximum atomic E-state index is 7.03. The second-order valence-corrected chi connectivity index (χ2v) is 4.87. The molecule has 13 heavy (non-hydrogen) atoms. The molecule has 0 saturated carbocycles. The summed E-state index contributed by atoms with van der Waals surface area (Å²) in [5.74, 6) is 1.36. The number of nitrogens with two attached hydrogens (primary N) is 1. The molecule has 0 aromatic carbocycles. The van der Waals surface area contributed by atoms with Gasteiger partial charge < -0.3 is 5.73 Å². The van der Waals surface area contributed by atoms with Crippen LogP contribution in [0.2, 0.25) is 0 Å². The van der Waals surface area contributed by atoms with E-state index in [-0.39, 0.29) is 0 Å². The van der Waals surface area contributed by atoms with Gasteiger partial charge in [0.1, 0.15) is 4.34 Å². The summed E-state index contributed by atoms with van der Waals surface area (Å²) in [5.41, 5.74) is 5.24. The van der Waals surface area contributed by atoms with Crippen molar-refractivity contribution in [2.75, 3.05) is 5.75 Å². The average Bonchev–Trinajstić information content (AvgIpc) is 2.55. The van der Waals surface area contributed by atoms with Crippen molar-refractivity contribution in [3.8, 4) is 0 Å². The van der Waals surface area contributed by atoms with Gasteiger partial charge in [0, 0.05) is 23.8 Å². The van der Waals surface area contributed by atoms with Gasteiger partial charge in [-0.15, -0.1) is 11.3 Å². The molecule has 0 bridgehead atoms. The molecular formula is C8H13N3S2. The van der Waals surface area contributed by atoms with E-state index in [1.54, 1.807) is 23.1 Å². The number of hydrogen-bond donors (Lipinski definition) is 2. The highest BCUT2D eigenvalue weighted by molar-refractivity contribution is 8.00. The minimum absolute atomic E-state index is 0.291. The maximum absolute atomic E-state index is 7.03. The van der Waals surface area contributed by atoms with E-state index < -0.39 is 0 Å². The zero-order valence-corrected chi connectivity index (χ0v) is 8.96. The van der Waals surface area contributed by atoms with E-state index in [0.29, 0.717) is 5.84 Å². The number of rotatable bonds is 6. The fourth-order valence-electron chi connectivity index (χ4n) is 0.859. The molecule has 5 heteroatoms. The quantitative estimate of drug-likeness (QED) is 0.331. The minimum atomic E-state index is 0.291. The summed E-state index contributed by atoms with van der Waals surface area (Å²) in [6.45, 7) is 0. The van der Waals surface area contributed by atoms with Gasteiger partial charge >= 0.3 is 0 Å². The van der Waals surface area contributed by atoms with Crippen molar-refractivity contribution < 1.29 is 0 Å². The van der Waals surface area contributed by atoms with Crippen molar-refractivity contribution in [1.29, 1.82) is 5.41 Å². The highest BCUT2D eigenvalue weighted by Crippen LogP contribution is 2.21. The van der Waals surface area contributed by atoms with Crippen LogP contribution in [0.1, 0.15) is 19.3 Å². The van der Waals surface area contributed by atoms with Crippen LogP contribution >= 0.6 is 23.1 Å². The molecule has 0 unspecified atom stereocenters. The van der Waals surface area contributed by atoms with Crippen molar-refractivity contribution in [3.05, 3.63) is 11.6 Å². The number of nitrogens with zero attached hydrogens (tertiary/aromatic N) is 1. The van der Waals surface area contributed by atoms with Crippen molar-refractivity contribution in [2.24, 2.45) is 5.73 Å². The summed E-state index contributed by atoms with van der Waals surface area (Å²) in [5, 5.41) is 9.01. The monoisotopic (exact) mass is 215 g/mol. The number of nitrogens with one attached hydrogen (secondary N) is 1. The Hall–Kier alpha value is -0.550. The average molecular weight is 215 g/mol. The Kier molecular flexibility index (Phi) is 4.85. The van der Waals surface area contributed by atoms with Gasteiger partial charge in [0.2, 0.25) is 0 Å².